The Morgan fingerprint density at radius 3 is 2.50 bits per heavy atom. The summed E-state index contributed by atoms with van der Waals surface area (Å²) in [6.07, 6.45) is 7.95. The molecule has 1 aliphatic rings. The second-order valence-electron chi connectivity index (χ2n) is 7.70. The van der Waals surface area contributed by atoms with Crippen LogP contribution in [0.2, 0.25) is 0 Å². The van der Waals surface area contributed by atoms with Crippen LogP contribution in [0.15, 0.2) is 42.5 Å². The Hall–Kier alpha value is -2.49. The molecule has 2 aromatic rings. The lowest BCUT2D eigenvalue weighted by molar-refractivity contribution is -0.118. The number of anilines is 1. The van der Waals surface area contributed by atoms with Crippen LogP contribution in [-0.2, 0) is 4.79 Å². The maximum atomic E-state index is 12.1. The summed E-state index contributed by atoms with van der Waals surface area (Å²) in [5, 5.41) is 2.86. The Morgan fingerprint density at radius 2 is 1.75 bits per heavy atom. The number of nitrogens with one attached hydrogen (secondary N) is 1. The quantitative estimate of drug-likeness (QED) is 0.641. The SMILES string of the molecule is Cc1cccc(OCC(=O)Nc2ccc(OCCC3CCCCC3)cc2)c1C. The highest BCUT2D eigenvalue weighted by Crippen LogP contribution is 2.26. The lowest BCUT2D eigenvalue weighted by atomic mass is 9.87. The molecule has 1 saturated carbocycles. The summed E-state index contributed by atoms with van der Waals surface area (Å²) in [6, 6.07) is 13.4. The summed E-state index contributed by atoms with van der Waals surface area (Å²) in [5.41, 5.74) is 2.95. The molecule has 4 nitrogen and oxygen atoms in total. The van der Waals surface area contributed by atoms with Crippen LogP contribution in [0.4, 0.5) is 5.69 Å². The number of rotatable bonds is 8. The van der Waals surface area contributed by atoms with Gasteiger partial charge in [-0.05, 0) is 67.6 Å². The van der Waals surface area contributed by atoms with Crippen molar-refractivity contribution in [3.05, 3.63) is 53.6 Å². The van der Waals surface area contributed by atoms with Gasteiger partial charge in [-0.1, -0.05) is 44.2 Å². The highest BCUT2D eigenvalue weighted by atomic mass is 16.5. The Balaban J connectivity index is 1.40. The zero-order valence-corrected chi connectivity index (χ0v) is 17.0. The number of ether oxygens (including phenoxy) is 2. The van der Waals surface area contributed by atoms with E-state index in [9.17, 15) is 4.79 Å². The molecule has 0 heterocycles. The normalized spacial score (nSPS) is 14.5. The molecule has 0 atom stereocenters. The molecule has 1 amide bonds. The molecule has 0 spiro atoms. The minimum Gasteiger partial charge on any atom is -0.494 e. The van der Waals surface area contributed by atoms with Crippen LogP contribution in [0.1, 0.15) is 49.7 Å². The summed E-state index contributed by atoms with van der Waals surface area (Å²) in [4.78, 5) is 12.1. The Morgan fingerprint density at radius 1 is 1.00 bits per heavy atom. The first kappa shape index (κ1) is 20.2. The number of aryl methyl sites for hydroxylation is 1. The fraction of sp³-hybridized carbons (Fsp3) is 0.458. The van der Waals surface area contributed by atoms with Gasteiger partial charge in [0.05, 0.1) is 6.61 Å². The molecule has 0 bridgehead atoms. The molecule has 0 unspecified atom stereocenters. The Kier molecular flexibility index (Phi) is 7.35. The van der Waals surface area contributed by atoms with Gasteiger partial charge in [0.25, 0.3) is 5.91 Å². The van der Waals surface area contributed by atoms with E-state index < -0.39 is 0 Å². The van der Waals surface area contributed by atoms with Crippen LogP contribution in [0, 0.1) is 19.8 Å². The van der Waals surface area contributed by atoms with E-state index in [1.165, 1.54) is 32.1 Å². The van der Waals surface area contributed by atoms with E-state index in [0.717, 1.165) is 47.3 Å². The van der Waals surface area contributed by atoms with E-state index in [2.05, 4.69) is 5.32 Å². The molecule has 0 radical (unpaired) electrons. The Labute approximate surface area is 168 Å². The van der Waals surface area contributed by atoms with E-state index in [1.54, 1.807) is 0 Å². The van der Waals surface area contributed by atoms with Crippen molar-refractivity contribution in [2.45, 2.75) is 52.4 Å². The molecule has 150 valence electrons. The molecule has 0 saturated heterocycles. The van der Waals surface area contributed by atoms with Crippen molar-refractivity contribution < 1.29 is 14.3 Å². The van der Waals surface area contributed by atoms with Gasteiger partial charge in [-0.15, -0.1) is 0 Å². The van der Waals surface area contributed by atoms with Gasteiger partial charge < -0.3 is 14.8 Å². The van der Waals surface area contributed by atoms with Gasteiger partial charge >= 0.3 is 0 Å². The van der Waals surface area contributed by atoms with Gasteiger partial charge in [-0.2, -0.15) is 0 Å². The molecule has 0 aliphatic heterocycles. The van der Waals surface area contributed by atoms with Crippen LogP contribution in [-0.4, -0.2) is 19.1 Å². The zero-order chi connectivity index (χ0) is 19.8. The fourth-order valence-electron chi connectivity index (χ4n) is 3.67. The minimum absolute atomic E-state index is 0.00999. The molecule has 1 fully saturated rings. The molecule has 4 heteroatoms. The van der Waals surface area contributed by atoms with Crippen molar-refractivity contribution in [1.29, 1.82) is 0 Å². The molecule has 28 heavy (non-hydrogen) atoms. The third kappa shape index (κ3) is 6.01. The van der Waals surface area contributed by atoms with Crippen molar-refractivity contribution in [1.82, 2.24) is 0 Å². The van der Waals surface area contributed by atoms with Crippen molar-refractivity contribution in [3.63, 3.8) is 0 Å². The molecule has 1 N–H and O–H groups in total. The number of carbonyl (C=O) groups is 1. The smallest absolute Gasteiger partial charge is 0.262 e. The first-order valence-corrected chi connectivity index (χ1v) is 10.3. The van der Waals surface area contributed by atoms with Crippen molar-refractivity contribution in [2.75, 3.05) is 18.5 Å². The number of carbonyl (C=O) groups excluding carboxylic acids is 1. The number of benzene rings is 2. The van der Waals surface area contributed by atoms with Gasteiger partial charge in [0.1, 0.15) is 11.5 Å². The monoisotopic (exact) mass is 381 g/mol. The second kappa shape index (κ2) is 10.2. The molecule has 1 aliphatic carbocycles. The van der Waals surface area contributed by atoms with Gasteiger partial charge in [-0.25, -0.2) is 0 Å². The second-order valence-corrected chi connectivity index (χ2v) is 7.70. The summed E-state index contributed by atoms with van der Waals surface area (Å²) < 4.78 is 11.5. The first-order valence-electron chi connectivity index (χ1n) is 10.3. The first-order chi connectivity index (χ1) is 13.6. The summed E-state index contributed by atoms with van der Waals surface area (Å²) >= 11 is 0. The van der Waals surface area contributed by atoms with Crippen molar-refractivity contribution in [2.24, 2.45) is 5.92 Å². The van der Waals surface area contributed by atoms with E-state index in [0.29, 0.717) is 0 Å². The largest absolute Gasteiger partial charge is 0.494 e. The van der Waals surface area contributed by atoms with Crippen LogP contribution in [0.3, 0.4) is 0 Å². The lowest BCUT2D eigenvalue weighted by Gasteiger charge is -2.21. The number of amides is 1. The zero-order valence-electron chi connectivity index (χ0n) is 17.0. The van der Waals surface area contributed by atoms with E-state index in [4.69, 9.17) is 9.47 Å². The third-order valence-electron chi connectivity index (χ3n) is 5.57. The minimum atomic E-state index is -0.174. The maximum Gasteiger partial charge on any atom is 0.262 e. The Bertz CT molecular complexity index is 764. The van der Waals surface area contributed by atoms with Crippen LogP contribution in [0.25, 0.3) is 0 Å². The van der Waals surface area contributed by atoms with Gasteiger partial charge in [0.15, 0.2) is 6.61 Å². The average molecular weight is 382 g/mol. The highest BCUT2D eigenvalue weighted by Gasteiger charge is 2.13. The number of hydrogen-bond acceptors (Lipinski definition) is 3. The van der Waals surface area contributed by atoms with Crippen LogP contribution >= 0.6 is 0 Å². The topological polar surface area (TPSA) is 47.6 Å². The summed E-state index contributed by atoms with van der Waals surface area (Å²) in [7, 11) is 0. The molecule has 3 rings (SSSR count). The molecule has 2 aromatic carbocycles. The molecular formula is C24H31NO3. The molecular weight excluding hydrogens is 350 g/mol. The predicted molar refractivity (Wildman–Crippen MR) is 113 cm³/mol. The average Bonchev–Trinajstić information content (AvgIpc) is 2.71. The van der Waals surface area contributed by atoms with Crippen LogP contribution < -0.4 is 14.8 Å². The summed E-state index contributed by atoms with van der Waals surface area (Å²) in [5.74, 6) is 2.24. The highest BCUT2D eigenvalue weighted by molar-refractivity contribution is 5.91. The standard InChI is InChI=1S/C24H31NO3/c1-18-7-6-10-23(19(18)2)28-17-24(26)25-21-11-13-22(14-12-21)27-16-15-20-8-4-3-5-9-20/h6-7,10-14,20H,3-5,8-9,15-17H2,1-2H3,(H,25,26). The van der Waals surface area contributed by atoms with E-state index in [-0.39, 0.29) is 12.5 Å². The number of hydrogen-bond donors (Lipinski definition) is 1. The third-order valence-corrected chi connectivity index (χ3v) is 5.57. The summed E-state index contributed by atoms with van der Waals surface area (Å²) in [6.45, 7) is 4.78. The molecule has 0 aromatic heterocycles. The fourth-order valence-corrected chi connectivity index (χ4v) is 3.67. The lowest BCUT2D eigenvalue weighted by Crippen LogP contribution is -2.20. The van der Waals surface area contributed by atoms with Crippen molar-refractivity contribution in [3.8, 4) is 11.5 Å². The van der Waals surface area contributed by atoms with Crippen LogP contribution in [0.5, 0.6) is 11.5 Å². The maximum absolute atomic E-state index is 12.1. The van der Waals surface area contributed by atoms with E-state index in [1.807, 2.05) is 56.3 Å². The van der Waals surface area contributed by atoms with E-state index >= 15 is 0 Å². The predicted octanol–water partition coefficient (Wildman–Crippen LogP) is 5.67. The van der Waals surface area contributed by atoms with Crippen molar-refractivity contribution >= 4 is 11.6 Å². The van der Waals surface area contributed by atoms with Gasteiger partial charge in [0, 0.05) is 5.69 Å². The van der Waals surface area contributed by atoms with Gasteiger partial charge in [-0.3, -0.25) is 4.79 Å². The van der Waals surface area contributed by atoms with Gasteiger partial charge in [0.2, 0.25) is 0 Å².